The molecule has 0 saturated carbocycles. The number of aryl methyl sites for hydroxylation is 2. The smallest absolute Gasteiger partial charge is 0.331 e. The number of hydrogen-bond donors (Lipinski definition) is 1. The lowest BCUT2D eigenvalue weighted by Gasteiger charge is -2.31. The van der Waals surface area contributed by atoms with E-state index in [9.17, 15) is 9.59 Å². The van der Waals surface area contributed by atoms with Gasteiger partial charge < -0.3 is 14.6 Å². The number of nitrogens with one attached hydrogen (secondary N) is 1. The zero-order valence-electron chi connectivity index (χ0n) is 20.6. The topological polar surface area (TPSA) is 70.2 Å². The van der Waals surface area contributed by atoms with Crippen molar-refractivity contribution in [2.24, 2.45) is 14.1 Å². The van der Waals surface area contributed by atoms with Crippen LogP contribution in [0.25, 0.3) is 27.8 Å². The molecule has 0 fully saturated rings. The molecule has 0 radical (unpaired) electrons. The number of hydrogen-bond acceptors (Lipinski definition) is 4. The summed E-state index contributed by atoms with van der Waals surface area (Å²) in [5.74, 6) is 0.761. The highest BCUT2D eigenvalue weighted by Gasteiger charge is 2.34. The number of nitrogens with zero attached hydrogens (tertiary/aromatic N) is 3. The van der Waals surface area contributed by atoms with Crippen LogP contribution in [-0.2, 0) is 14.1 Å². The van der Waals surface area contributed by atoms with E-state index in [1.807, 2.05) is 73.7 Å². The van der Waals surface area contributed by atoms with Gasteiger partial charge in [0.15, 0.2) is 0 Å². The van der Waals surface area contributed by atoms with Gasteiger partial charge in [-0.1, -0.05) is 48.0 Å². The summed E-state index contributed by atoms with van der Waals surface area (Å²) in [5, 5.41) is 4.20. The van der Waals surface area contributed by atoms with Crippen LogP contribution in [0.5, 0.6) is 5.75 Å². The van der Waals surface area contributed by atoms with E-state index in [2.05, 4.69) is 16.0 Å². The Bertz CT molecular complexity index is 1770. The van der Waals surface area contributed by atoms with Crippen LogP contribution < -0.4 is 21.3 Å². The Labute approximate surface area is 207 Å². The number of rotatable bonds is 3. The summed E-state index contributed by atoms with van der Waals surface area (Å²) in [6.45, 7) is 2.04. The minimum absolute atomic E-state index is 0.301. The molecule has 7 heteroatoms. The number of ether oxygens (including phenoxy) is 1. The second kappa shape index (κ2) is 8.02. The lowest BCUT2D eigenvalue weighted by atomic mass is 9.99. The molecule has 1 atom stereocenters. The van der Waals surface area contributed by atoms with Crippen LogP contribution in [0, 0.1) is 6.92 Å². The van der Waals surface area contributed by atoms with Crippen molar-refractivity contribution in [1.82, 2.24) is 13.7 Å². The second-order valence-corrected chi connectivity index (χ2v) is 9.24. The van der Waals surface area contributed by atoms with Gasteiger partial charge in [0.25, 0.3) is 5.56 Å². The van der Waals surface area contributed by atoms with Crippen molar-refractivity contribution in [2.45, 2.75) is 13.0 Å². The van der Waals surface area contributed by atoms with E-state index in [-0.39, 0.29) is 17.3 Å². The molecule has 3 aromatic carbocycles. The van der Waals surface area contributed by atoms with E-state index in [0.29, 0.717) is 10.9 Å². The van der Waals surface area contributed by atoms with E-state index in [1.165, 1.54) is 11.6 Å². The van der Waals surface area contributed by atoms with E-state index < -0.39 is 0 Å². The molecule has 0 aliphatic carbocycles. The molecule has 6 rings (SSSR count). The van der Waals surface area contributed by atoms with Gasteiger partial charge in [-0.05, 0) is 48.4 Å². The van der Waals surface area contributed by atoms with Crippen LogP contribution in [-0.4, -0.2) is 20.8 Å². The van der Waals surface area contributed by atoms with E-state index in [4.69, 9.17) is 4.74 Å². The molecule has 2 aromatic heterocycles. The molecule has 180 valence electrons. The zero-order valence-corrected chi connectivity index (χ0v) is 20.6. The van der Waals surface area contributed by atoms with Gasteiger partial charge in [0, 0.05) is 14.1 Å². The predicted octanol–water partition coefficient (Wildman–Crippen LogP) is 4.53. The molecule has 0 bridgehead atoms. The quantitative estimate of drug-likeness (QED) is 0.414. The molecule has 0 unspecified atom stereocenters. The first-order chi connectivity index (χ1) is 17.4. The lowest BCUT2D eigenvalue weighted by Crippen LogP contribution is -2.37. The summed E-state index contributed by atoms with van der Waals surface area (Å²) >= 11 is 0. The number of anilines is 1. The molecular weight excluding hydrogens is 452 g/mol. The van der Waals surface area contributed by atoms with E-state index >= 15 is 0 Å². The van der Waals surface area contributed by atoms with Crippen molar-refractivity contribution in [1.29, 1.82) is 0 Å². The van der Waals surface area contributed by atoms with Gasteiger partial charge in [-0.15, -0.1) is 0 Å². The molecule has 0 amide bonds. The van der Waals surface area contributed by atoms with Crippen LogP contribution in [0.1, 0.15) is 22.9 Å². The third-order valence-corrected chi connectivity index (χ3v) is 7.07. The first-order valence-corrected chi connectivity index (χ1v) is 11.8. The maximum absolute atomic E-state index is 13.7. The maximum atomic E-state index is 13.7. The van der Waals surface area contributed by atoms with Crippen molar-refractivity contribution in [3.05, 3.63) is 110 Å². The predicted molar refractivity (Wildman–Crippen MR) is 142 cm³/mol. The molecule has 0 saturated heterocycles. The Morgan fingerprint density at radius 3 is 2.36 bits per heavy atom. The summed E-state index contributed by atoms with van der Waals surface area (Å²) in [6.07, 6.45) is 0. The normalized spacial score (nSPS) is 14.3. The average Bonchev–Trinajstić information content (AvgIpc) is 3.27. The number of benzene rings is 3. The fourth-order valence-corrected chi connectivity index (χ4v) is 5.33. The Balaban J connectivity index is 1.83. The highest BCUT2D eigenvalue weighted by molar-refractivity contribution is 5.99. The number of methoxy groups -OCH3 is 1. The fraction of sp³-hybridized carbons (Fsp3) is 0.172. The lowest BCUT2D eigenvalue weighted by molar-refractivity contribution is 0.414. The van der Waals surface area contributed by atoms with Gasteiger partial charge in [0.2, 0.25) is 0 Å². The van der Waals surface area contributed by atoms with Crippen LogP contribution in [0.4, 0.5) is 5.69 Å². The van der Waals surface area contributed by atoms with Gasteiger partial charge in [0.05, 0.1) is 46.8 Å². The monoisotopic (exact) mass is 478 g/mol. The van der Waals surface area contributed by atoms with Crippen LogP contribution >= 0.6 is 0 Å². The largest absolute Gasteiger partial charge is 0.497 e. The van der Waals surface area contributed by atoms with Gasteiger partial charge in [0.1, 0.15) is 5.75 Å². The molecule has 36 heavy (non-hydrogen) atoms. The molecule has 1 N–H and O–H groups in total. The average molecular weight is 479 g/mol. The highest BCUT2D eigenvalue weighted by atomic mass is 16.5. The molecule has 5 aromatic rings. The van der Waals surface area contributed by atoms with E-state index in [0.717, 1.165) is 45.2 Å². The standard InChI is InChI=1S/C29H26N4O3/c1-17-8-7-9-19(16-17)25-23-26(31(2)29(35)32(3)28(23)34)27-24(18-12-14-20(36-4)15-13-18)30-21-10-5-6-11-22(21)33(25)27/h5-16,24,30H,1-4H3/t24-/m0/s1. The molecule has 1 aliphatic rings. The van der Waals surface area contributed by atoms with Gasteiger partial charge in [-0.3, -0.25) is 13.9 Å². The van der Waals surface area contributed by atoms with Gasteiger partial charge in [-0.2, -0.15) is 0 Å². The van der Waals surface area contributed by atoms with Gasteiger partial charge >= 0.3 is 5.69 Å². The maximum Gasteiger partial charge on any atom is 0.331 e. The summed E-state index contributed by atoms with van der Waals surface area (Å²) in [6, 6.07) is 23.8. The Morgan fingerprint density at radius 1 is 0.889 bits per heavy atom. The van der Waals surface area contributed by atoms with Crippen LogP contribution in [0.15, 0.2) is 82.4 Å². The molecular formula is C29H26N4O3. The number of para-hydroxylation sites is 2. The molecule has 7 nitrogen and oxygen atoms in total. The zero-order chi connectivity index (χ0) is 25.1. The number of fused-ring (bicyclic) bond motifs is 5. The van der Waals surface area contributed by atoms with Crippen LogP contribution in [0.3, 0.4) is 0 Å². The summed E-state index contributed by atoms with van der Waals surface area (Å²) < 4.78 is 10.3. The van der Waals surface area contributed by atoms with Crippen molar-refractivity contribution < 1.29 is 4.74 Å². The highest BCUT2D eigenvalue weighted by Crippen LogP contribution is 2.45. The van der Waals surface area contributed by atoms with Crippen molar-refractivity contribution >= 4 is 16.6 Å². The summed E-state index contributed by atoms with van der Waals surface area (Å²) in [5.41, 5.74) is 6.48. The SMILES string of the molecule is COc1ccc([C@@H]2Nc3ccccc3-n3c(-c4cccc(C)c4)c4c(=O)n(C)c(=O)n(C)c4c32)cc1. The van der Waals surface area contributed by atoms with E-state index in [1.54, 1.807) is 18.7 Å². The Hall–Kier alpha value is -4.52. The number of aromatic nitrogens is 3. The van der Waals surface area contributed by atoms with Crippen LogP contribution in [0.2, 0.25) is 0 Å². The first kappa shape index (κ1) is 22.0. The third kappa shape index (κ3) is 3.05. The second-order valence-electron chi connectivity index (χ2n) is 9.24. The Kier molecular flexibility index (Phi) is 4.89. The molecule has 3 heterocycles. The molecule has 1 aliphatic heterocycles. The summed E-state index contributed by atoms with van der Waals surface area (Å²) in [7, 11) is 4.91. The summed E-state index contributed by atoms with van der Waals surface area (Å²) in [4.78, 5) is 26.9. The van der Waals surface area contributed by atoms with Crippen molar-refractivity contribution in [3.8, 4) is 22.7 Å². The van der Waals surface area contributed by atoms with Crippen molar-refractivity contribution in [2.75, 3.05) is 12.4 Å². The first-order valence-electron chi connectivity index (χ1n) is 11.8. The fourth-order valence-electron chi connectivity index (χ4n) is 5.33. The Morgan fingerprint density at radius 2 is 1.64 bits per heavy atom. The third-order valence-electron chi connectivity index (χ3n) is 7.07. The van der Waals surface area contributed by atoms with Gasteiger partial charge in [-0.25, -0.2) is 4.79 Å². The molecule has 0 spiro atoms. The van der Waals surface area contributed by atoms with Crippen molar-refractivity contribution in [3.63, 3.8) is 0 Å². The minimum Gasteiger partial charge on any atom is -0.497 e. The minimum atomic E-state index is -0.357.